The summed E-state index contributed by atoms with van der Waals surface area (Å²) in [5.74, 6) is 0. The van der Waals surface area contributed by atoms with E-state index in [2.05, 4.69) is 4.98 Å². The summed E-state index contributed by atoms with van der Waals surface area (Å²) >= 11 is 1.46. The predicted octanol–water partition coefficient (Wildman–Crippen LogP) is 0.524. The molecule has 4 heteroatoms. The molecule has 0 aliphatic rings. The van der Waals surface area contributed by atoms with E-state index in [9.17, 15) is 0 Å². The summed E-state index contributed by atoms with van der Waals surface area (Å²) < 4.78 is 0. The van der Waals surface area contributed by atoms with Crippen LogP contribution in [0.4, 0.5) is 0 Å². The van der Waals surface area contributed by atoms with Crippen molar-refractivity contribution >= 4 is 11.3 Å². The van der Waals surface area contributed by atoms with Crippen molar-refractivity contribution in [3.05, 3.63) is 16.6 Å². The second-order valence-electron chi connectivity index (χ2n) is 2.14. The standard InChI is InChI=1S/C6H10N2OS/c1-4(9)5(7)6-8-2-3-10-6/h2-5,9H,7H2,1H3/t4-,5+/m1/s1. The van der Waals surface area contributed by atoms with Crippen LogP contribution in [-0.2, 0) is 0 Å². The first-order valence-corrected chi connectivity index (χ1v) is 3.93. The topological polar surface area (TPSA) is 59.1 Å². The fraction of sp³-hybridized carbons (Fsp3) is 0.500. The van der Waals surface area contributed by atoms with Gasteiger partial charge in [0.15, 0.2) is 0 Å². The van der Waals surface area contributed by atoms with Crippen LogP contribution in [-0.4, -0.2) is 16.2 Å². The molecule has 1 heterocycles. The first-order chi connectivity index (χ1) is 4.72. The zero-order valence-corrected chi connectivity index (χ0v) is 6.51. The van der Waals surface area contributed by atoms with Gasteiger partial charge in [0, 0.05) is 11.6 Å². The number of aromatic nitrogens is 1. The van der Waals surface area contributed by atoms with Crippen LogP contribution in [0, 0.1) is 0 Å². The Kier molecular flexibility index (Phi) is 2.37. The normalized spacial score (nSPS) is 16.7. The van der Waals surface area contributed by atoms with Crippen LogP contribution in [0.5, 0.6) is 0 Å². The summed E-state index contributed by atoms with van der Waals surface area (Å²) in [6, 6.07) is -0.333. The first kappa shape index (κ1) is 7.65. The Morgan fingerprint density at radius 3 is 2.90 bits per heavy atom. The van der Waals surface area contributed by atoms with Gasteiger partial charge in [0.05, 0.1) is 12.1 Å². The minimum atomic E-state index is -0.522. The van der Waals surface area contributed by atoms with Gasteiger partial charge in [0.1, 0.15) is 5.01 Å². The van der Waals surface area contributed by atoms with Crippen molar-refractivity contribution in [2.24, 2.45) is 5.73 Å². The summed E-state index contributed by atoms with van der Waals surface area (Å²) in [6.07, 6.45) is 1.16. The molecular formula is C6H10N2OS. The van der Waals surface area contributed by atoms with E-state index in [0.717, 1.165) is 5.01 Å². The van der Waals surface area contributed by atoms with Crippen LogP contribution in [0.15, 0.2) is 11.6 Å². The van der Waals surface area contributed by atoms with Crippen molar-refractivity contribution < 1.29 is 5.11 Å². The highest BCUT2D eigenvalue weighted by Gasteiger charge is 2.13. The van der Waals surface area contributed by atoms with Gasteiger partial charge in [-0.3, -0.25) is 0 Å². The summed E-state index contributed by atoms with van der Waals surface area (Å²) in [4.78, 5) is 3.97. The van der Waals surface area contributed by atoms with Gasteiger partial charge in [-0.2, -0.15) is 0 Å². The smallest absolute Gasteiger partial charge is 0.112 e. The highest BCUT2D eigenvalue weighted by Crippen LogP contribution is 2.15. The average Bonchev–Trinajstić information content (AvgIpc) is 2.36. The first-order valence-electron chi connectivity index (χ1n) is 3.05. The molecule has 0 unspecified atom stereocenters. The molecular weight excluding hydrogens is 148 g/mol. The molecule has 1 aromatic rings. The van der Waals surface area contributed by atoms with Crippen LogP contribution in [0.2, 0.25) is 0 Å². The molecule has 10 heavy (non-hydrogen) atoms. The second-order valence-corrected chi connectivity index (χ2v) is 3.06. The molecule has 1 aromatic heterocycles. The van der Waals surface area contributed by atoms with Crippen molar-refractivity contribution in [2.75, 3.05) is 0 Å². The highest BCUT2D eigenvalue weighted by molar-refractivity contribution is 7.09. The monoisotopic (exact) mass is 158 g/mol. The Bertz CT molecular complexity index is 186. The Labute approximate surface area is 63.5 Å². The molecule has 0 saturated heterocycles. The molecule has 0 spiro atoms. The molecule has 0 radical (unpaired) electrons. The quantitative estimate of drug-likeness (QED) is 0.659. The maximum Gasteiger partial charge on any atom is 0.112 e. The molecule has 56 valence electrons. The van der Waals surface area contributed by atoms with E-state index in [4.69, 9.17) is 10.8 Å². The number of aliphatic hydroxyl groups is 1. The minimum absolute atomic E-state index is 0.333. The Morgan fingerprint density at radius 1 is 1.80 bits per heavy atom. The lowest BCUT2D eigenvalue weighted by Crippen LogP contribution is -2.22. The van der Waals surface area contributed by atoms with Gasteiger partial charge in [0.25, 0.3) is 0 Å². The van der Waals surface area contributed by atoms with Gasteiger partial charge in [-0.05, 0) is 6.92 Å². The Balaban J connectivity index is 2.68. The number of thiazole rings is 1. The molecule has 1 rings (SSSR count). The van der Waals surface area contributed by atoms with Crippen molar-refractivity contribution in [1.29, 1.82) is 0 Å². The van der Waals surface area contributed by atoms with Gasteiger partial charge in [0.2, 0.25) is 0 Å². The zero-order valence-electron chi connectivity index (χ0n) is 5.69. The fourth-order valence-corrected chi connectivity index (χ4v) is 1.34. The van der Waals surface area contributed by atoms with E-state index in [1.54, 1.807) is 13.1 Å². The molecule has 3 nitrogen and oxygen atoms in total. The summed E-state index contributed by atoms with van der Waals surface area (Å²) in [5.41, 5.74) is 5.58. The SMILES string of the molecule is C[C@@H](O)[C@H](N)c1nccs1. The van der Waals surface area contributed by atoms with Crippen LogP contribution >= 0.6 is 11.3 Å². The largest absolute Gasteiger partial charge is 0.391 e. The van der Waals surface area contributed by atoms with E-state index in [0.29, 0.717) is 0 Å². The maximum absolute atomic E-state index is 9.03. The van der Waals surface area contributed by atoms with Gasteiger partial charge >= 0.3 is 0 Å². The molecule has 3 N–H and O–H groups in total. The molecule has 0 saturated carbocycles. The number of rotatable bonds is 2. The summed E-state index contributed by atoms with van der Waals surface area (Å²) in [6.45, 7) is 1.66. The third kappa shape index (κ3) is 1.53. The third-order valence-electron chi connectivity index (χ3n) is 1.26. The minimum Gasteiger partial charge on any atom is -0.391 e. The van der Waals surface area contributed by atoms with Crippen LogP contribution in [0.3, 0.4) is 0 Å². The summed E-state index contributed by atoms with van der Waals surface area (Å²) in [7, 11) is 0. The van der Waals surface area contributed by atoms with Gasteiger partial charge < -0.3 is 10.8 Å². The number of nitrogens with zero attached hydrogens (tertiary/aromatic N) is 1. The molecule has 0 amide bonds. The van der Waals surface area contributed by atoms with Crippen LogP contribution in [0.25, 0.3) is 0 Å². The van der Waals surface area contributed by atoms with E-state index < -0.39 is 6.10 Å². The predicted molar refractivity (Wildman–Crippen MR) is 40.7 cm³/mol. The maximum atomic E-state index is 9.03. The van der Waals surface area contributed by atoms with E-state index in [1.165, 1.54) is 11.3 Å². The molecule has 0 aliphatic carbocycles. The lowest BCUT2D eigenvalue weighted by atomic mass is 10.2. The fourth-order valence-electron chi connectivity index (χ4n) is 0.605. The van der Waals surface area contributed by atoms with Gasteiger partial charge in [-0.15, -0.1) is 11.3 Å². The third-order valence-corrected chi connectivity index (χ3v) is 2.13. The van der Waals surface area contributed by atoms with E-state index in [-0.39, 0.29) is 6.04 Å². The van der Waals surface area contributed by atoms with Gasteiger partial charge in [-0.25, -0.2) is 4.98 Å². The summed E-state index contributed by atoms with van der Waals surface area (Å²) in [5, 5.41) is 11.7. The number of nitrogens with two attached hydrogens (primary N) is 1. The second kappa shape index (κ2) is 3.09. The molecule has 0 aromatic carbocycles. The number of hydrogen-bond acceptors (Lipinski definition) is 4. The lowest BCUT2D eigenvalue weighted by molar-refractivity contribution is 0.164. The number of hydrogen-bond donors (Lipinski definition) is 2. The van der Waals surface area contributed by atoms with Crippen LogP contribution in [0.1, 0.15) is 18.0 Å². The lowest BCUT2D eigenvalue weighted by Gasteiger charge is -2.10. The van der Waals surface area contributed by atoms with Crippen molar-refractivity contribution in [1.82, 2.24) is 4.98 Å². The van der Waals surface area contributed by atoms with Gasteiger partial charge in [-0.1, -0.05) is 0 Å². The molecule has 0 aliphatic heterocycles. The molecule has 2 atom stereocenters. The van der Waals surface area contributed by atoms with Crippen molar-refractivity contribution in [2.45, 2.75) is 19.1 Å². The van der Waals surface area contributed by atoms with E-state index in [1.807, 2.05) is 5.38 Å². The Morgan fingerprint density at radius 2 is 2.50 bits per heavy atom. The zero-order chi connectivity index (χ0) is 7.56. The Hall–Kier alpha value is -0.450. The average molecular weight is 158 g/mol. The molecule has 0 fully saturated rings. The number of aliphatic hydroxyl groups excluding tert-OH is 1. The molecule has 0 bridgehead atoms. The van der Waals surface area contributed by atoms with Crippen molar-refractivity contribution in [3.63, 3.8) is 0 Å². The van der Waals surface area contributed by atoms with Crippen molar-refractivity contribution in [3.8, 4) is 0 Å². The van der Waals surface area contributed by atoms with E-state index >= 15 is 0 Å². The van der Waals surface area contributed by atoms with Crippen LogP contribution < -0.4 is 5.73 Å². The highest BCUT2D eigenvalue weighted by atomic mass is 32.1.